The van der Waals surface area contributed by atoms with Crippen LogP contribution in [-0.4, -0.2) is 146 Å². The zero-order valence-electron chi connectivity index (χ0n) is 77.5. The van der Waals surface area contributed by atoms with Crippen LogP contribution >= 0.6 is 0 Å². The summed E-state index contributed by atoms with van der Waals surface area (Å²) in [6, 6.07) is 67.7. The number of hydrogen-bond acceptors (Lipinski definition) is 32. The molecule has 0 fully saturated rings. The highest BCUT2D eigenvalue weighted by Gasteiger charge is 2.21. The van der Waals surface area contributed by atoms with Gasteiger partial charge in [0, 0.05) is 141 Å². The fraction of sp³-hybridized carbons (Fsp3) is 0.189. The van der Waals surface area contributed by atoms with Crippen molar-refractivity contribution >= 4 is 134 Å². The van der Waals surface area contributed by atoms with E-state index < -0.39 is 40.1 Å². The number of amides is 6. The molecule has 0 aliphatic rings. The van der Waals surface area contributed by atoms with Gasteiger partial charge in [-0.1, -0.05) is 96.9 Å². The normalized spacial score (nSPS) is 11.1. The number of hydrogen-bond donors (Lipinski definition) is 22. The molecule has 0 radical (unpaired) electrons. The summed E-state index contributed by atoms with van der Waals surface area (Å²) in [5.74, 6) is 0.365. The molecular weight excluding hydrogens is 1770 g/mol. The number of nitrogens with zero attached hydrogens (tertiary/aromatic N) is 1. The first-order chi connectivity index (χ1) is 66.0. The Morgan fingerprint density at radius 1 is 0.397 bits per heavy atom. The van der Waals surface area contributed by atoms with Crippen LogP contribution in [0, 0.1) is 0 Å². The van der Waals surface area contributed by atoms with E-state index in [2.05, 4.69) is 128 Å². The molecule has 0 spiro atoms. The van der Waals surface area contributed by atoms with E-state index in [0.29, 0.717) is 76.3 Å². The van der Waals surface area contributed by atoms with Crippen molar-refractivity contribution in [2.24, 2.45) is 0 Å². The summed E-state index contributed by atoms with van der Waals surface area (Å²) in [6.07, 6.45) is 19.8. The Balaban J connectivity index is 0.000000292. The highest BCUT2D eigenvalue weighted by atomic mass is 32.2. The number of carbonyl (C=O) groups excluding carboxylic acids is 6. The molecule has 1 heterocycles. The van der Waals surface area contributed by atoms with Crippen LogP contribution in [0.3, 0.4) is 0 Å². The minimum absolute atomic E-state index is 0.112. The molecule has 2 unspecified atom stereocenters. The Labute approximate surface area is 791 Å². The van der Waals surface area contributed by atoms with Crippen LogP contribution < -0.4 is 137 Å². The summed E-state index contributed by atoms with van der Waals surface area (Å²) in [6.45, 7) is 3.70. The van der Waals surface area contributed by atoms with Crippen molar-refractivity contribution < 1.29 is 79.9 Å². The molecule has 9 aromatic carbocycles. The van der Waals surface area contributed by atoms with E-state index in [1.165, 1.54) is 57.4 Å². The third-order valence-corrected chi connectivity index (χ3v) is 18.9. The quantitative estimate of drug-likeness (QED) is 0.00554. The van der Waals surface area contributed by atoms with Gasteiger partial charge < -0.3 is 97.0 Å². The predicted octanol–water partition coefficient (Wildman–Crippen LogP) is 11.5. The van der Waals surface area contributed by atoms with Gasteiger partial charge in [-0.15, -0.1) is 0 Å². The minimum Gasteiger partial charge on any atom is -0.497 e. The summed E-state index contributed by atoms with van der Waals surface area (Å²) in [7, 11) is 15.1. The van der Waals surface area contributed by atoms with Gasteiger partial charge in [0.25, 0.3) is 33.8 Å². The van der Waals surface area contributed by atoms with Gasteiger partial charge in [0.15, 0.2) is 18.8 Å². The van der Waals surface area contributed by atoms with Crippen LogP contribution in [-0.2, 0) is 58.1 Å². The summed E-state index contributed by atoms with van der Waals surface area (Å²) in [5.41, 5.74) is 42.0. The number of pyridine rings is 1. The van der Waals surface area contributed by atoms with Crippen molar-refractivity contribution in [3.63, 3.8) is 0 Å². The molecule has 0 saturated carbocycles. The Morgan fingerprint density at radius 2 is 0.772 bits per heavy atom. The molecule has 10 aromatic rings. The highest BCUT2D eigenvalue weighted by molar-refractivity contribution is 7.92. The zero-order chi connectivity index (χ0) is 98.8. The molecule has 0 bridgehead atoms. The molecule has 0 aliphatic carbocycles. The van der Waals surface area contributed by atoms with E-state index in [9.17, 15) is 41.6 Å². The molecule has 39 nitrogen and oxygen atoms in total. The average molecular weight is 1890 g/mol. The summed E-state index contributed by atoms with van der Waals surface area (Å²) in [5, 5.41) is 25.8. The lowest BCUT2D eigenvalue weighted by Crippen LogP contribution is -2.43. The van der Waals surface area contributed by atoms with E-state index >= 15 is 0 Å². The summed E-state index contributed by atoms with van der Waals surface area (Å²) >= 11 is 0. The van der Waals surface area contributed by atoms with Gasteiger partial charge in [0.2, 0.25) is 6.41 Å². The first-order valence-electron chi connectivity index (χ1n) is 41.9. The number of aromatic nitrogens is 1. The van der Waals surface area contributed by atoms with E-state index in [4.69, 9.17) is 33.5 Å². The second kappa shape index (κ2) is 65.3. The first kappa shape index (κ1) is 110. The summed E-state index contributed by atoms with van der Waals surface area (Å²) < 4.78 is 62.6. The fourth-order valence-electron chi connectivity index (χ4n) is 10.5. The first-order valence-corrected chi connectivity index (χ1v) is 43.4. The predicted molar refractivity (Wildman–Crippen MR) is 533 cm³/mol. The van der Waals surface area contributed by atoms with E-state index in [1.807, 2.05) is 189 Å². The van der Waals surface area contributed by atoms with Crippen molar-refractivity contribution in [2.75, 3.05) is 131 Å². The number of rotatable bonds is 46. The van der Waals surface area contributed by atoms with Crippen molar-refractivity contribution in [3.05, 3.63) is 307 Å². The molecule has 0 aliphatic heterocycles. The summed E-state index contributed by atoms with van der Waals surface area (Å²) in [4.78, 5) is 92.4. The van der Waals surface area contributed by atoms with Crippen molar-refractivity contribution in [1.82, 2.24) is 76.1 Å². The Hall–Kier alpha value is -16.3. The number of hydrazine groups is 6. The maximum atomic E-state index is 13.3. The number of carbonyl (C=O) groups is 6. The maximum Gasteiger partial charge on any atom is 0.327 e. The third-order valence-electron chi connectivity index (χ3n) is 17.5. The molecule has 6 amide bonds. The third kappa shape index (κ3) is 45.1. The lowest BCUT2D eigenvalue weighted by atomic mass is 10.2. The lowest BCUT2D eigenvalue weighted by Gasteiger charge is -2.17. The van der Waals surface area contributed by atoms with Gasteiger partial charge in [0.1, 0.15) is 41.8 Å². The molecule has 10 rings (SSSR count). The highest BCUT2D eigenvalue weighted by Crippen LogP contribution is 2.25. The number of sulfonamides is 1. The Morgan fingerprint density at radius 3 is 1.18 bits per heavy atom. The maximum absolute atomic E-state index is 13.3. The molecule has 724 valence electrons. The minimum atomic E-state index is -3.64. The molecule has 1 aromatic heterocycles. The molecule has 0 saturated heterocycles. The fourth-order valence-corrected chi connectivity index (χ4v) is 11.5. The number of halogens is 1. The molecular formula is C95H120FN23O16S. The number of likely N-dealkylation sites (N-methyl/N-ethyl adjacent to an activating group) is 1. The SMILES string of the molecule is CCC(Oc1ccc(NC)cc1)C(=O)Nc1ccc(/C=C/ONNC)cc1.CCC(Oc1ccc(NC)cc1)C(=O)Nc1ccc(/C=C/ONNC)nc1.CNC(=O)C(=O)NN/C=C/c1ccc(NC)cc1.CNNO/C=C/c1ccc(NS(=O)(=O)c2ccc(OC)cc2)cc1.CNNOC(F)=Cc1ccc(NC(=O)COc2ccc(NC)cc2)cc1.CNc1ccc(/C=C/NNC=O)cc1. The number of methoxy groups -OCH3 is 1. The van der Waals surface area contributed by atoms with Crippen LogP contribution in [0.1, 0.15) is 60.2 Å². The van der Waals surface area contributed by atoms with Crippen molar-refractivity contribution in [1.29, 1.82) is 0 Å². The average Bonchev–Trinajstić information content (AvgIpc) is 0.822. The zero-order valence-corrected chi connectivity index (χ0v) is 78.3. The second-order valence-corrected chi connectivity index (χ2v) is 28.7. The largest absolute Gasteiger partial charge is 0.497 e. The van der Waals surface area contributed by atoms with Crippen LogP contribution in [0.25, 0.3) is 36.5 Å². The van der Waals surface area contributed by atoms with Crippen molar-refractivity contribution in [2.45, 2.75) is 43.8 Å². The van der Waals surface area contributed by atoms with Crippen molar-refractivity contribution in [3.8, 4) is 23.0 Å². The van der Waals surface area contributed by atoms with Crippen LogP contribution in [0.15, 0.2) is 279 Å². The van der Waals surface area contributed by atoms with Gasteiger partial charge in [-0.25, -0.2) is 30.1 Å². The molecule has 2 atom stereocenters. The van der Waals surface area contributed by atoms with Gasteiger partial charge in [-0.3, -0.25) is 49.3 Å². The number of benzene rings is 9. The van der Waals surface area contributed by atoms with Gasteiger partial charge in [-0.05, 0) is 235 Å². The smallest absolute Gasteiger partial charge is 0.327 e. The number of nitrogens with one attached hydrogen (secondary N) is 22. The standard InChI is InChI=1S/C20H26N4O3.C19H25N5O3.C18H21FN4O3.C16H19N3O4S.C12H16N4O2.C10H13N3O/c1-4-19(27-18-11-9-16(21-2)10-12-18)20(25)23-17-7-5-15(6-8-17)13-14-26-24-22-3;1-4-18(27-17-9-7-14(20-2)8-10-17)19(25)23-16-6-5-15(22-13-16)11-12-26-24-21-3;1-20-14-7-9-16(10-8-14)25-12-18(24)22-15-5-3-13(4-6-15)11-17(19)26-23-21-2;1-17-19-23-12-11-13-3-5-14(6-4-13)18-24(20,21)16-9-7-15(22-2)8-10-16;1-13-10-5-3-9(4-6-10)7-8-15-16-12(18)11(17)14-2;1-11-10-4-2-9(3-5-10)6-7-12-13-8-14/h5-14,19,21-22,24H,4H2,1-3H3,(H,23,25);5-13,18,20-21,24H,4H2,1-3H3,(H,23,25);3-11,20-21,23H,12H2,1-2H3,(H,22,24);3-12,17-19H,1-2H3;3-8,13,15H,1-2H3,(H,14,17)(H,16,18);2-8,11-12H,1H3,(H,13,14)/b14-13+;12-11+;;12-11+;8-7+;7-6+. The van der Waals surface area contributed by atoms with E-state index in [1.54, 1.807) is 150 Å². The molecule has 22 N–H and O–H groups in total. The van der Waals surface area contributed by atoms with E-state index in [-0.39, 0.29) is 29.2 Å². The second-order valence-electron chi connectivity index (χ2n) is 27.0. The van der Waals surface area contributed by atoms with Crippen LogP contribution in [0.5, 0.6) is 23.0 Å². The molecule has 41 heteroatoms. The lowest BCUT2D eigenvalue weighted by molar-refractivity contribution is -0.139. The topological polar surface area (TPSA) is 488 Å². The van der Waals surface area contributed by atoms with Gasteiger partial charge in [-0.2, -0.15) is 4.39 Å². The Kier molecular flexibility index (Phi) is 53.0. The number of anilines is 9. The Bertz CT molecular complexity index is 5300. The number of ether oxygens (including phenoxy) is 4. The van der Waals surface area contributed by atoms with Crippen LogP contribution in [0.2, 0.25) is 0 Å². The van der Waals surface area contributed by atoms with Gasteiger partial charge >= 0.3 is 11.8 Å². The molecule has 136 heavy (non-hydrogen) atoms. The van der Waals surface area contributed by atoms with Gasteiger partial charge in [0.05, 0.1) is 29.6 Å². The van der Waals surface area contributed by atoms with Crippen LogP contribution in [0.4, 0.5) is 55.6 Å². The monoisotopic (exact) mass is 1890 g/mol. The van der Waals surface area contributed by atoms with E-state index in [0.717, 1.165) is 50.7 Å².